The summed E-state index contributed by atoms with van der Waals surface area (Å²) < 4.78 is 5.59. The molecule has 3 rings (SSSR count). The number of benzene rings is 2. The van der Waals surface area contributed by atoms with E-state index < -0.39 is 23.1 Å². The molecule has 1 aliphatic carbocycles. The number of esters is 1. The molecule has 0 radical (unpaired) electrons. The number of Topliss-reactive ketones (excluding diaryl/α,β-unsaturated/α-hetero) is 2. The Morgan fingerprint density at radius 1 is 0.962 bits per heavy atom. The first-order valence-electron chi connectivity index (χ1n) is 8.92. The number of hydrogen-bond donors (Lipinski definition) is 0. The second kappa shape index (κ2) is 6.87. The molecule has 0 aromatic heterocycles. The van der Waals surface area contributed by atoms with Crippen LogP contribution in [-0.2, 0) is 15.1 Å². The van der Waals surface area contributed by atoms with E-state index in [-0.39, 0.29) is 6.42 Å². The highest BCUT2D eigenvalue weighted by atomic mass is 16.6. The largest absolute Gasteiger partial charge is 0.437 e. The van der Waals surface area contributed by atoms with Crippen molar-refractivity contribution in [3.63, 3.8) is 0 Å². The average Bonchev–Trinajstić information content (AvgIpc) is 2.85. The first-order valence-corrected chi connectivity index (χ1v) is 8.92. The number of ether oxygens (including phenoxy) is 1. The molecule has 2 aromatic carbocycles. The average molecular weight is 350 g/mol. The van der Waals surface area contributed by atoms with Gasteiger partial charge in [-0.3, -0.25) is 14.4 Å². The van der Waals surface area contributed by atoms with E-state index in [1.165, 1.54) is 0 Å². The molecular weight excluding hydrogens is 328 g/mol. The Morgan fingerprint density at radius 3 is 1.96 bits per heavy atom. The van der Waals surface area contributed by atoms with E-state index in [2.05, 4.69) is 13.8 Å². The third-order valence-corrected chi connectivity index (χ3v) is 4.76. The van der Waals surface area contributed by atoms with Gasteiger partial charge in [-0.15, -0.1) is 0 Å². The molecule has 2 aromatic rings. The molecule has 0 amide bonds. The van der Waals surface area contributed by atoms with Crippen molar-refractivity contribution in [1.29, 1.82) is 0 Å². The summed E-state index contributed by atoms with van der Waals surface area (Å²) in [6.07, 6.45) is 0.735. The van der Waals surface area contributed by atoms with Crippen LogP contribution in [0.1, 0.15) is 71.4 Å². The van der Waals surface area contributed by atoms with Crippen LogP contribution in [-0.4, -0.2) is 17.5 Å². The zero-order chi connectivity index (χ0) is 18.9. The fourth-order valence-corrected chi connectivity index (χ4v) is 3.30. The summed E-state index contributed by atoms with van der Waals surface area (Å²) in [5.41, 5.74) is 0.173. The maximum Gasteiger partial charge on any atom is 0.307 e. The normalized spacial score (nSPS) is 15.2. The topological polar surface area (TPSA) is 60.4 Å². The Labute approximate surface area is 153 Å². The highest BCUT2D eigenvalue weighted by Crippen LogP contribution is 2.41. The standard InChI is InChI=1S/C22H22O4/c1-4-7-19(23)26-22(16-12-10-15(11-13-16)14(2)3)20(24)17-8-5-6-9-18(17)21(22)25/h5-6,8-14H,4,7H2,1-3H3. The molecule has 134 valence electrons. The molecule has 4 heteroatoms. The third kappa shape index (κ3) is 2.75. The fourth-order valence-electron chi connectivity index (χ4n) is 3.30. The zero-order valence-electron chi connectivity index (χ0n) is 15.2. The van der Waals surface area contributed by atoms with Crippen molar-refractivity contribution < 1.29 is 19.1 Å². The molecule has 0 fully saturated rings. The van der Waals surface area contributed by atoms with Gasteiger partial charge in [0.25, 0.3) is 5.60 Å². The summed E-state index contributed by atoms with van der Waals surface area (Å²) in [4.78, 5) is 38.6. The quantitative estimate of drug-likeness (QED) is 0.591. The molecule has 0 unspecified atom stereocenters. The maximum absolute atomic E-state index is 13.2. The number of rotatable bonds is 5. The van der Waals surface area contributed by atoms with Crippen LogP contribution in [0.3, 0.4) is 0 Å². The van der Waals surface area contributed by atoms with Crippen molar-refractivity contribution in [1.82, 2.24) is 0 Å². The van der Waals surface area contributed by atoms with Crippen LogP contribution in [0.15, 0.2) is 48.5 Å². The first-order chi connectivity index (χ1) is 12.4. The molecule has 0 N–H and O–H groups in total. The highest BCUT2D eigenvalue weighted by molar-refractivity contribution is 6.32. The van der Waals surface area contributed by atoms with Crippen LogP contribution in [0.2, 0.25) is 0 Å². The summed E-state index contributed by atoms with van der Waals surface area (Å²) in [6, 6.07) is 13.8. The van der Waals surface area contributed by atoms with E-state index >= 15 is 0 Å². The van der Waals surface area contributed by atoms with E-state index in [1.54, 1.807) is 36.4 Å². The van der Waals surface area contributed by atoms with Crippen molar-refractivity contribution in [2.24, 2.45) is 0 Å². The smallest absolute Gasteiger partial charge is 0.307 e. The maximum atomic E-state index is 13.2. The Hall–Kier alpha value is -2.75. The molecule has 0 saturated carbocycles. The first kappa shape index (κ1) is 18.1. The number of hydrogen-bond acceptors (Lipinski definition) is 4. The van der Waals surface area contributed by atoms with Crippen molar-refractivity contribution in [2.45, 2.75) is 45.1 Å². The van der Waals surface area contributed by atoms with Gasteiger partial charge in [0.15, 0.2) is 0 Å². The van der Waals surface area contributed by atoms with Crippen LogP contribution in [0.4, 0.5) is 0 Å². The van der Waals surface area contributed by atoms with Gasteiger partial charge in [-0.1, -0.05) is 69.3 Å². The predicted octanol–water partition coefficient (Wildman–Crippen LogP) is 4.43. The van der Waals surface area contributed by atoms with Gasteiger partial charge in [0.2, 0.25) is 11.6 Å². The highest BCUT2D eigenvalue weighted by Gasteiger charge is 2.57. The van der Waals surface area contributed by atoms with E-state index in [1.807, 2.05) is 19.1 Å². The summed E-state index contributed by atoms with van der Waals surface area (Å²) in [7, 11) is 0. The minimum atomic E-state index is -1.91. The van der Waals surface area contributed by atoms with Gasteiger partial charge in [-0.05, 0) is 17.9 Å². The van der Waals surface area contributed by atoms with Crippen LogP contribution in [0, 0.1) is 0 Å². The van der Waals surface area contributed by atoms with Gasteiger partial charge < -0.3 is 4.74 Å². The lowest BCUT2D eigenvalue weighted by Crippen LogP contribution is -2.43. The monoisotopic (exact) mass is 350 g/mol. The Kier molecular flexibility index (Phi) is 4.77. The number of ketones is 2. The van der Waals surface area contributed by atoms with Crippen LogP contribution in [0.25, 0.3) is 0 Å². The Balaban J connectivity index is 2.14. The molecule has 4 nitrogen and oxygen atoms in total. The lowest BCUT2D eigenvalue weighted by atomic mass is 9.87. The van der Waals surface area contributed by atoms with Crippen LogP contribution < -0.4 is 0 Å². The molecule has 1 aliphatic rings. The Morgan fingerprint density at radius 2 is 1.50 bits per heavy atom. The number of carbonyl (C=O) groups is 3. The molecule has 0 atom stereocenters. The fraction of sp³-hybridized carbons (Fsp3) is 0.318. The van der Waals surface area contributed by atoms with Gasteiger partial charge in [0, 0.05) is 23.1 Å². The molecule has 26 heavy (non-hydrogen) atoms. The van der Waals surface area contributed by atoms with E-state index in [0.29, 0.717) is 29.0 Å². The second-order valence-corrected chi connectivity index (χ2v) is 6.89. The van der Waals surface area contributed by atoms with Gasteiger partial charge >= 0.3 is 5.97 Å². The lowest BCUT2D eigenvalue weighted by Gasteiger charge is -2.27. The minimum Gasteiger partial charge on any atom is -0.437 e. The summed E-state index contributed by atoms with van der Waals surface area (Å²) in [5, 5.41) is 0. The molecule has 0 spiro atoms. The Bertz CT molecular complexity index is 827. The van der Waals surface area contributed by atoms with Crippen molar-refractivity contribution in [3.8, 4) is 0 Å². The third-order valence-electron chi connectivity index (χ3n) is 4.76. The molecule has 0 heterocycles. The van der Waals surface area contributed by atoms with Gasteiger partial charge in [0.1, 0.15) is 0 Å². The predicted molar refractivity (Wildman–Crippen MR) is 98.3 cm³/mol. The van der Waals surface area contributed by atoms with E-state index in [9.17, 15) is 14.4 Å². The van der Waals surface area contributed by atoms with Crippen molar-refractivity contribution in [2.75, 3.05) is 0 Å². The van der Waals surface area contributed by atoms with Gasteiger partial charge in [0.05, 0.1) is 0 Å². The molecule has 0 saturated heterocycles. The van der Waals surface area contributed by atoms with Crippen molar-refractivity contribution >= 4 is 17.5 Å². The molecular formula is C22H22O4. The van der Waals surface area contributed by atoms with Gasteiger partial charge in [-0.25, -0.2) is 0 Å². The SMILES string of the molecule is CCCC(=O)OC1(c2ccc(C(C)C)cc2)C(=O)c2ccccc2C1=O. The van der Waals surface area contributed by atoms with Gasteiger partial charge in [-0.2, -0.15) is 0 Å². The molecule has 0 aliphatic heterocycles. The van der Waals surface area contributed by atoms with E-state index in [0.717, 1.165) is 5.56 Å². The molecule has 0 bridgehead atoms. The summed E-state index contributed by atoms with van der Waals surface area (Å²) >= 11 is 0. The van der Waals surface area contributed by atoms with Crippen molar-refractivity contribution in [3.05, 3.63) is 70.8 Å². The zero-order valence-corrected chi connectivity index (χ0v) is 15.2. The number of carbonyl (C=O) groups excluding carboxylic acids is 3. The van der Waals surface area contributed by atoms with Crippen LogP contribution >= 0.6 is 0 Å². The van der Waals surface area contributed by atoms with Crippen LogP contribution in [0.5, 0.6) is 0 Å². The lowest BCUT2D eigenvalue weighted by molar-refractivity contribution is -0.152. The second-order valence-electron chi connectivity index (χ2n) is 6.89. The summed E-state index contributed by atoms with van der Waals surface area (Å²) in [6.45, 7) is 5.97. The minimum absolute atomic E-state index is 0.155. The number of fused-ring (bicyclic) bond motifs is 1. The summed E-state index contributed by atoms with van der Waals surface area (Å²) in [5.74, 6) is -1.18. The van der Waals surface area contributed by atoms with E-state index in [4.69, 9.17) is 4.74 Å².